The highest BCUT2D eigenvalue weighted by Crippen LogP contribution is 2.20. The molecule has 0 fully saturated rings. The van der Waals surface area contributed by atoms with Crippen LogP contribution in [-0.2, 0) is 0 Å². The summed E-state index contributed by atoms with van der Waals surface area (Å²) in [7, 11) is 0. The van der Waals surface area contributed by atoms with E-state index in [9.17, 15) is 4.79 Å². The summed E-state index contributed by atoms with van der Waals surface area (Å²) in [5, 5.41) is 0.686. The van der Waals surface area contributed by atoms with Gasteiger partial charge in [0, 0.05) is 33.9 Å². The molecule has 2 aromatic heterocycles. The van der Waals surface area contributed by atoms with Gasteiger partial charge in [-0.05, 0) is 30.3 Å². The molecule has 0 aliphatic carbocycles. The summed E-state index contributed by atoms with van der Waals surface area (Å²) in [5.41, 5.74) is 2.50. The van der Waals surface area contributed by atoms with Crippen LogP contribution in [0.4, 0.5) is 0 Å². The number of benzene rings is 1. The highest BCUT2D eigenvalue weighted by molar-refractivity contribution is 9.10. The summed E-state index contributed by atoms with van der Waals surface area (Å²) in [5.74, 6) is 0. The van der Waals surface area contributed by atoms with Gasteiger partial charge >= 0.3 is 0 Å². The molecule has 1 aromatic carbocycles. The number of hydrogen-bond donors (Lipinski definition) is 1. The molecule has 0 atom stereocenters. The van der Waals surface area contributed by atoms with Gasteiger partial charge in [0.05, 0.1) is 11.2 Å². The fourth-order valence-corrected chi connectivity index (χ4v) is 2.26. The van der Waals surface area contributed by atoms with Gasteiger partial charge in [-0.15, -0.1) is 0 Å². The molecular formula is C14H9BrN2O. The van der Waals surface area contributed by atoms with Crippen molar-refractivity contribution in [3.8, 4) is 11.3 Å². The molecule has 0 bridgehead atoms. The monoisotopic (exact) mass is 300 g/mol. The molecule has 0 amide bonds. The molecule has 3 aromatic rings. The van der Waals surface area contributed by atoms with Gasteiger partial charge in [-0.25, -0.2) is 0 Å². The fourth-order valence-electron chi connectivity index (χ4n) is 1.90. The zero-order chi connectivity index (χ0) is 12.5. The topological polar surface area (TPSA) is 45.8 Å². The maximum Gasteiger partial charge on any atom is 0.190 e. The Bertz CT molecular complexity index is 766. The average molecular weight is 301 g/mol. The highest BCUT2D eigenvalue weighted by atomic mass is 79.9. The molecule has 0 unspecified atom stereocenters. The predicted molar refractivity (Wildman–Crippen MR) is 75.5 cm³/mol. The van der Waals surface area contributed by atoms with E-state index >= 15 is 0 Å². The zero-order valence-corrected chi connectivity index (χ0v) is 10.9. The van der Waals surface area contributed by atoms with Crippen LogP contribution in [0.5, 0.6) is 0 Å². The van der Waals surface area contributed by atoms with E-state index < -0.39 is 0 Å². The van der Waals surface area contributed by atoms with Crippen LogP contribution in [0.15, 0.2) is 58.1 Å². The van der Waals surface area contributed by atoms with Gasteiger partial charge in [0.1, 0.15) is 0 Å². The first-order chi connectivity index (χ1) is 8.74. The summed E-state index contributed by atoms with van der Waals surface area (Å²) in [4.78, 5) is 19.3. The minimum atomic E-state index is 0.00935. The molecule has 3 nitrogen and oxygen atoms in total. The second kappa shape index (κ2) is 4.38. The number of nitrogens with zero attached hydrogens (tertiary/aromatic N) is 1. The Labute approximate surface area is 112 Å². The third-order valence-corrected chi connectivity index (χ3v) is 3.26. The maximum absolute atomic E-state index is 12.0. The number of pyridine rings is 2. The minimum Gasteiger partial charge on any atom is -0.354 e. The van der Waals surface area contributed by atoms with Gasteiger partial charge in [0.15, 0.2) is 5.43 Å². The SMILES string of the molecule is O=c1cc(-c2cccnc2)[nH]c2cc(Br)ccc12. The number of nitrogens with one attached hydrogen (secondary N) is 1. The Balaban J connectivity index is 2.30. The average Bonchev–Trinajstić information content (AvgIpc) is 2.39. The lowest BCUT2D eigenvalue weighted by molar-refractivity contribution is 1.30. The van der Waals surface area contributed by atoms with Crippen LogP contribution in [0.3, 0.4) is 0 Å². The molecule has 0 aliphatic rings. The Kier molecular flexibility index (Phi) is 2.72. The second-order valence-electron chi connectivity index (χ2n) is 3.98. The van der Waals surface area contributed by atoms with Crippen molar-refractivity contribution in [2.75, 3.05) is 0 Å². The molecule has 4 heteroatoms. The van der Waals surface area contributed by atoms with E-state index in [1.165, 1.54) is 0 Å². The van der Waals surface area contributed by atoms with Gasteiger partial charge in [0.25, 0.3) is 0 Å². The van der Waals surface area contributed by atoms with E-state index in [0.29, 0.717) is 5.39 Å². The Morgan fingerprint density at radius 1 is 1.17 bits per heavy atom. The van der Waals surface area contributed by atoms with Crippen molar-refractivity contribution in [1.29, 1.82) is 0 Å². The lowest BCUT2D eigenvalue weighted by atomic mass is 10.1. The van der Waals surface area contributed by atoms with Crippen molar-refractivity contribution in [1.82, 2.24) is 9.97 Å². The van der Waals surface area contributed by atoms with Crippen LogP contribution in [-0.4, -0.2) is 9.97 Å². The van der Waals surface area contributed by atoms with Crippen LogP contribution < -0.4 is 5.43 Å². The Morgan fingerprint density at radius 2 is 2.06 bits per heavy atom. The largest absolute Gasteiger partial charge is 0.354 e. The summed E-state index contributed by atoms with van der Waals surface area (Å²) < 4.78 is 0.939. The standard InChI is InChI=1S/C14H9BrN2O/c15-10-3-4-11-13(6-10)17-12(7-14(11)18)9-2-1-5-16-8-9/h1-8H,(H,17,18). The smallest absolute Gasteiger partial charge is 0.190 e. The summed E-state index contributed by atoms with van der Waals surface area (Å²) in [6, 6.07) is 10.9. The van der Waals surface area contributed by atoms with Crippen LogP contribution in [0.2, 0.25) is 0 Å². The van der Waals surface area contributed by atoms with Crippen molar-refractivity contribution >= 4 is 26.8 Å². The molecule has 0 aliphatic heterocycles. The summed E-state index contributed by atoms with van der Waals surface area (Å²) >= 11 is 3.40. The van der Waals surface area contributed by atoms with Crippen molar-refractivity contribution in [2.45, 2.75) is 0 Å². The fraction of sp³-hybridized carbons (Fsp3) is 0. The third-order valence-electron chi connectivity index (χ3n) is 2.76. The number of fused-ring (bicyclic) bond motifs is 1. The normalized spacial score (nSPS) is 10.7. The number of H-pyrrole nitrogens is 1. The van der Waals surface area contributed by atoms with E-state index in [1.54, 1.807) is 18.5 Å². The second-order valence-corrected chi connectivity index (χ2v) is 4.89. The van der Waals surface area contributed by atoms with Gasteiger partial charge < -0.3 is 4.98 Å². The van der Waals surface area contributed by atoms with Crippen molar-refractivity contribution in [3.05, 3.63) is 63.5 Å². The van der Waals surface area contributed by atoms with Crippen LogP contribution in [0.1, 0.15) is 0 Å². The maximum atomic E-state index is 12.0. The van der Waals surface area contributed by atoms with Gasteiger partial charge in [-0.3, -0.25) is 9.78 Å². The van der Waals surface area contributed by atoms with Crippen molar-refractivity contribution < 1.29 is 0 Å². The molecule has 0 spiro atoms. The molecule has 2 heterocycles. The van der Waals surface area contributed by atoms with E-state index in [0.717, 1.165) is 21.2 Å². The first-order valence-electron chi connectivity index (χ1n) is 5.47. The predicted octanol–water partition coefficient (Wildman–Crippen LogP) is 3.35. The van der Waals surface area contributed by atoms with E-state index in [2.05, 4.69) is 25.9 Å². The molecule has 88 valence electrons. The first kappa shape index (κ1) is 11.2. The van der Waals surface area contributed by atoms with Gasteiger partial charge in [-0.1, -0.05) is 15.9 Å². The van der Waals surface area contributed by atoms with E-state index in [1.807, 2.05) is 30.3 Å². The number of rotatable bonds is 1. The van der Waals surface area contributed by atoms with E-state index in [4.69, 9.17) is 0 Å². The third kappa shape index (κ3) is 1.95. The highest BCUT2D eigenvalue weighted by Gasteiger charge is 2.04. The first-order valence-corrected chi connectivity index (χ1v) is 6.26. The molecule has 0 radical (unpaired) electrons. The Hall–Kier alpha value is -1.94. The Morgan fingerprint density at radius 3 is 2.83 bits per heavy atom. The molecule has 1 N–H and O–H groups in total. The molecule has 0 saturated carbocycles. The molecule has 3 rings (SSSR count). The number of hydrogen-bond acceptors (Lipinski definition) is 2. The van der Waals surface area contributed by atoms with E-state index in [-0.39, 0.29) is 5.43 Å². The number of aromatic nitrogens is 2. The lowest BCUT2D eigenvalue weighted by Gasteiger charge is -2.04. The van der Waals surface area contributed by atoms with Crippen LogP contribution in [0.25, 0.3) is 22.2 Å². The number of halogens is 1. The lowest BCUT2D eigenvalue weighted by Crippen LogP contribution is -2.02. The number of aromatic amines is 1. The summed E-state index contributed by atoms with van der Waals surface area (Å²) in [6.07, 6.45) is 3.44. The minimum absolute atomic E-state index is 0.00935. The summed E-state index contributed by atoms with van der Waals surface area (Å²) in [6.45, 7) is 0. The van der Waals surface area contributed by atoms with Gasteiger partial charge in [-0.2, -0.15) is 0 Å². The molecule has 0 saturated heterocycles. The zero-order valence-electron chi connectivity index (χ0n) is 9.35. The molecular weight excluding hydrogens is 292 g/mol. The quantitative estimate of drug-likeness (QED) is 0.749. The van der Waals surface area contributed by atoms with Crippen LogP contribution in [0, 0.1) is 0 Å². The van der Waals surface area contributed by atoms with Gasteiger partial charge in [0.2, 0.25) is 0 Å². The van der Waals surface area contributed by atoms with Crippen molar-refractivity contribution in [3.63, 3.8) is 0 Å². The van der Waals surface area contributed by atoms with Crippen molar-refractivity contribution in [2.24, 2.45) is 0 Å². The van der Waals surface area contributed by atoms with Crippen LogP contribution >= 0.6 is 15.9 Å². The molecule has 18 heavy (non-hydrogen) atoms.